The second-order valence-electron chi connectivity index (χ2n) is 7.74. The van der Waals surface area contributed by atoms with Crippen LogP contribution < -0.4 is 15.4 Å². The zero-order chi connectivity index (χ0) is 21.1. The first-order valence-electron chi connectivity index (χ1n) is 10.5. The van der Waals surface area contributed by atoms with Gasteiger partial charge in [-0.25, -0.2) is 4.99 Å². The summed E-state index contributed by atoms with van der Waals surface area (Å²) in [6.45, 7) is 3.77. The van der Waals surface area contributed by atoms with E-state index in [1.54, 1.807) is 26.1 Å². The molecular formula is C22H36N4O3. The van der Waals surface area contributed by atoms with Crippen molar-refractivity contribution in [2.45, 2.75) is 51.6 Å². The summed E-state index contributed by atoms with van der Waals surface area (Å²) in [7, 11) is 5.17. The van der Waals surface area contributed by atoms with Crippen LogP contribution in [0.1, 0.15) is 43.2 Å². The Labute approximate surface area is 174 Å². The molecule has 2 rings (SSSR count). The minimum atomic E-state index is 0.0158. The molecule has 1 aromatic rings. The van der Waals surface area contributed by atoms with Crippen molar-refractivity contribution in [3.05, 3.63) is 29.3 Å². The van der Waals surface area contributed by atoms with Gasteiger partial charge in [0.15, 0.2) is 5.96 Å². The van der Waals surface area contributed by atoms with E-state index in [0.29, 0.717) is 31.8 Å². The minimum Gasteiger partial charge on any atom is -0.491 e. The lowest BCUT2D eigenvalue weighted by atomic mass is 9.96. The summed E-state index contributed by atoms with van der Waals surface area (Å²) in [5.41, 5.74) is 2.15. The standard InChI is InChI=1S/C22H36N4O3/c1-17-10-11-18(20(14-17)29-13-12-28-4)15-23-22(24-16-21(27)26(2)3)25-19-8-6-5-7-9-19/h10-11,14,19H,5-9,12-13,15-16H2,1-4H3,(H2,23,24,25). The lowest BCUT2D eigenvalue weighted by Crippen LogP contribution is -2.47. The number of carbonyl (C=O) groups is 1. The number of amides is 1. The van der Waals surface area contributed by atoms with Crippen molar-refractivity contribution >= 4 is 11.9 Å². The predicted molar refractivity (Wildman–Crippen MR) is 116 cm³/mol. The highest BCUT2D eigenvalue weighted by molar-refractivity contribution is 5.86. The van der Waals surface area contributed by atoms with Gasteiger partial charge in [-0.1, -0.05) is 31.4 Å². The first-order chi connectivity index (χ1) is 14.0. The fraction of sp³-hybridized carbons (Fsp3) is 0.636. The molecule has 7 nitrogen and oxygen atoms in total. The number of methoxy groups -OCH3 is 1. The third kappa shape index (κ3) is 8.31. The number of aliphatic imine (C=N–C) groups is 1. The number of hydrogen-bond acceptors (Lipinski definition) is 4. The highest BCUT2D eigenvalue weighted by Crippen LogP contribution is 2.21. The average molecular weight is 405 g/mol. The number of nitrogens with one attached hydrogen (secondary N) is 2. The van der Waals surface area contributed by atoms with Crippen molar-refractivity contribution in [1.29, 1.82) is 0 Å². The number of rotatable bonds is 9. The maximum Gasteiger partial charge on any atom is 0.241 e. The lowest BCUT2D eigenvalue weighted by Gasteiger charge is -2.25. The van der Waals surface area contributed by atoms with Crippen LogP contribution in [0, 0.1) is 6.92 Å². The highest BCUT2D eigenvalue weighted by atomic mass is 16.5. The molecule has 1 aliphatic carbocycles. The van der Waals surface area contributed by atoms with Crippen LogP contribution in [-0.2, 0) is 16.1 Å². The maximum atomic E-state index is 12.0. The van der Waals surface area contributed by atoms with E-state index in [1.807, 2.05) is 19.1 Å². The van der Waals surface area contributed by atoms with E-state index < -0.39 is 0 Å². The summed E-state index contributed by atoms with van der Waals surface area (Å²) in [6, 6.07) is 6.53. The SMILES string of the molecule is COCCOc1cc(C)ccc1CN=C(NCC(=O)N(C)C)NC1CCCCC1. The first-order valence-corrected chi connectivity index (χ1v) is 10.5. The highest BCUT2D eigenvalue weighted by Gasteiger charge is 2.16. The molecule has 1 saturated carbocycles. The van der Waals surface area contributed by atoms with E-state index >= 15 is 0 Å². The minimum absolute atomic E-state index is 0.0158. The Kier molecular flexibility index (Phi) is 9.77. The van der Waals surface area contributed by atoms with Gasteiger partial charge in [0.05, 0.1) is 19.7 Å². The van der Waals surface area contributed by atoms with E-state index in [1.165, 1.54) is 19.3 Å². The zero-order valence-corrected chi connectivity index (χ0v) is 18.3. The van der Waals surface area contributed by atoms with Crippen molar-refractivity contribution in [2.24, 2.45) is 4.99 Å². The topological polar surface area (TPSA) is 75.2 Å². The number of likely N-dealkylation sites (N-methyl/N-ethyl adjacent to an activating group) is 1. The van der Waals surface area contributed by atoms with Crippen LogP contribution >= 0.6 is 0 Å². The lowest BCUT2D eigenvalue weighted by molar-refractivity contribution is -0.127. The summed E-state index contributed by atoms with van der Waals surface area (Å²) in [5, 5.41) is 6.70. The molecule has 0 bridgehead atoms. The Balaban J connectivity index is 2.08. The quantitative estimate of drug-likeness (QED) is 0.376. The molecular weight excluding hydrogens is 368 g/mol. The van der Waals surface area contributed by atoms with Gasteiger partial charge in [0.2, 0.25) is 5.91 Å². The van der Waals surface area contributed by atoms with Gasteiger partial charge in [0, 0.05) is 32.8 Å². The normalized spacial score (nSPS) is 15.1. The van der Waals surface area contributed by atoms with Crippen LogP contribution in [0.5, 0.6) is 5.75 Å². The third-order valence-electron chi connectivity index (χ3n) is 5.03. The number of aryl methyl sites for hydroxylation is 1. The van der Waals surface area contributed by atoms with Crippen LogP contribution in [0.25, 0.3) is 0 Å². The van der Waals surface area contributed by atoms with Gasteiger partial charge in [0.1, 0.15) is 12.4 Å². The number of guanidine groups is 1. The Morgan fingerprint density at radius 1 is 1.21 bits per heavy atom. The third-order valence-corrected chi connectivity index (χ3v) is 5.03. The number of benzene rings is 1. The van der Waals surface area contributed by atoms with Crippen LogP contribution in [0.3, 0.4) is 0 Å². The Morgan fingerprint density at radius 3 is 2.66 bits per heavy atom. The Morgan fingerprint density at radius 2 is 1.97 bits per heavy atom. The van der Waals surface area contributed by atoms with Crippen molar-refractivity contribution in [3.8, 4) is 5.75 Å². The first kappa shape index (κ1) is 23.0. The molecule has 0 radical (unpaired) electrons. The molecule has 1 aliphatic rings. The monoisotopic (exact) mass is 404 g/mol. The number of ether oxygens (including phenoxy) is 2. The van der Waals surface area contributed by atoms with E-state index in [0.717, 1.165) is 29.7 Å². The maximum absolute atomic E-state index is 12.0. The molecule has 1 amide bonds. The van der Waals surface area contributed by atoms with E-state index in [4.69, 9.17) is 14.5 Å². The molecule has 0 saturated heterocycles. The molecule has 162 valence electrons. The molecule has 7 heteroatoms. The number of carbonyl (C=O) groups excluding carboxylic acids is 1. The molecule has 0 atom stereocenters. The van der Waals surface area contributed by atoms with Crippen LogP contribution in [-0.4, -0.2) is 63.8 Å². The zero-order valence-electron chi connectivity index (χ0n) is 18.3. The largest absolute Gasteiger partial charge is 0.491 e. The van der Waals surface area contributed by atoms with Crippen molar-refractivity contribution in [3.63, 3.8) is 0 Å². The Bertz CT molecular complexity index is 670. The van der Waals surface area contributed by atoms with Crippen molar-refractivity contribution < 1.29 is 14.3 Å². The fourth-order valence-corrected chi connectivity index (χ4v) is 3.24. The van der Waals surface area contributed by atoms with Crippen LogP contribution in [0.4, 0.5) is 0 Å². The van der Waals surface area contributed by atoms with Gasteiger partial charge in [0.25, 0.3) is 0 Å². The fourth-order valence-electron chi connectivity index (χ4n) is 3.24. The summed E-state index contributed by atoms with van der Waals surface area (Å²) in [5.74, 6) is 1.52. The molecule has 0 spiro atoms. The summed E-state index contributed by atoms with van der Waals surface area (Å²) in [6.07, 6.45) is 6.03. The van der Waals surface area contributed by atoms with Crippen molar-refractivity contribution in [2.75, 3.05) is 41.0 Å². The predicted octanol–water partition coefficient (Wildman–Crippen LogP) is 2.48. The molecule has 29 heavy (non-hydrogen) atoms. The number of hydrogen-bond donors (Lipinski definition) is 2. The summed E-state index contributed by atoms with van der Waals surface area (Å²) in [4.78, 5) is 18.3. The van der Waals surface area contributed by atoms with Gasteiger partial charge in [-0.3, -0.25) is 4.79 Å². The van der Waals surface area contributed by atoms with E-state index in [2.05, 4.69) is 16.7 Å². The molecule has 0 unspecified atom stereocenters. The van der Waals surface area contributed by atoms with Crippen molar-refractivity contribution in [1.82, 2.24) is 15.5 Å². The molecule has 0 heterocycles. The second kappa shape index (κ2) is 12.3. The molecule has 0 aromatic heterocycles. The van der Waals surface area contributed by atoms with Gasteiger partial charge in [-0.15, -0.1) is 0 Å². The van der Waals surface area contributed by atoms with Gasteiger partial charge in [-0.05, 0) is 31.4 Å². The average Bonchev–Trinajstić information content (AvgIpc) is 2.71. The van der Waals surface area contributed by atoms with Crippen LogP contribution in [0.2, 0.25) is 0 Å². The van der Waals surface area contributed by atoms with Gasteiger partial charge in [-0.2, -0.15) is 0 Å². The molecule has 0 aliphatic heterocycles. The van der Waals surface area contributed by atoms with Gasteiger partial charge >= 0.3 is 0 Å². The van der Waals surface area contributed by atoms with E-state index in [9.17, 15) is 4.79 Å². The number of nitrogens with zero attached hydrogens (tertiary/aromatic N) is 2. The molecule has 2 N–H and O–H groups in total. The molecule has 1 fully saturated rings. The summed E-state index contributed by atoms with van der Waals surface area (Å²) >= 11 is 0. The van der Waals surface area contributed by atoms with Crippen LogP contribution in [0.15, 0.2) is 23.2 Å². The second-order valence-corrected chi connectivity index (χ2v) is 7.74. The summed E-state index contributed by atoms with van der Waals surface area (Å²) < 4.78 is 11.0. The molecule has 1 aromatic carbocycles. The smallest absolute Gasteiger partial charge is 0.241 e. The van der Waals surface area contributed by atoms with E-state index in [-0.39, 0.29) is 12.5 Å². The van der Waals surface area contributed by atoms with Gasteiger partial charge < -0.3 is 25.0 Å². The Hall–Kier alpha value is -2.28.